The smallest absolute Gasteiger partial charge is 0.438 e. The Labute approximate surface area is 387 Å². The Hall–Kier alpha value is -6.82. The summed E-state index contributed by atoms with van der Waals surface area (Å²) in [7, 11) is 0. The first kappa shape index (κ1) is 38.3. The molecule has 3 fully saturated rings. The average Bonchev–Trinajstić information content (AvgIpc) is 3.95. The van der Waals surface area contributed by atoms with E-state index >= 15 is 18.4 Å². The number of rotatable bonds is 6. The number of carbonyl (C=O) groups excluding carboxylic acids is 2. The Morgan fingerprint density at radius 3 is 2.52 bits per heavy atom. The summed E-state index contributed by atoms with van der Waals surface area (Å²) in [6.07, 6.45) is 3.70. The number of carbonyl (C=O) groups is 2. The summed E-state index contributed by atoms with van der Waals surface area (Å²) >= 11 is 0. The second-order valence-electron chi connectivity index (χ2n) is 19.6. The number of fused-ring (bicyclic) bond motifs is 6. The van der Waals surface area contributed by atoms with Gasteiger partial charge in [0, 0.05) is 53.2 Å². The lowest BCUT2D eigenvalue weighted by molar-refractivity contribution is -0.0592. The third-order valence-corrected chi connectivity index (χ3v) is 15.0. The molecule has 1 aliphatic carbocycles. The number of hydrogen-bond donors (Lipinski definition) is 1. The molecule has 18 heteroatoms. The molecular weight excluding hydrogens is 863 g/mol. The summed E-state index contributed by atoms with van der Waals surface area (Å²) in [5.41, 5.74) is 3.42. The molecule has 4 aliphatic heterocycles. The van der Waals surface area contributed by atoms with Crippen LogP contribution in [0.3, 0.4) is 0 Å². The van der Waals surface area contributed by atoms with Crippen molar-refractivity contribution in [2.45, 2.75) is 96.4 Å². The summed E-state index contributed by atoms with van der Waals surface area (Å²) in [6, 6.07) is 10.9. The van der Waals surface area contributed by atoms with Crippen molar-refractivity contribution in [2.75, 3.05) is 36.1 Å². The third kappa shape index (κ3) is 6.03. The highest BCUT2D eigenvalue weighted by molar-refractivity contribution is 6.10. The van der Waals surface area contributed by atoms with E-state index in [1.165, 1.54) is 15.9 Å². The Morgan fingerprint density at radius 1 is 1.01 bits per heavy atom. The normalized spacial score (nSPS) is 25.2. The fourth-order valence-corrected chi connectivity index (χ4v) is 11.6. The molecule has 4 aromatic heterocycles. The van der Waals surface area contributed by atoms with Crippen LogP contribution in [0.15, 0.2) is 58.0 Å². The first-order valence-electron chi connectivity index (χ1n) is 24.3. The van der Waals surface area contributed by atoms with Crippen LogP contribution >= 0.6 is 0 Å². The fraction of sp³-hybridized carbons (Fsp3) is 0.429. The topological polar surface area (TPSA) is 162 Å². The van der Waals surface area contributed by atoms with E-state index in [0.29, 0.717) is 64.9 Å². The largest absolute Gasteiger partial charge is 0.489 e. The number of aromatic amines is 1. The zero-order valence-corrected chi connectivity index (χ0v) is 37.8. The summed E-state index contributed by atoms with van der Waals surface area (Å²) < 4.78 is 77.4. The van der Waals surface area contributed by atoms with Crippen molar-refractivity contribution in [3.8, 4) is 11.4 Å². The molecule has 3 amide bonds. The lowest BCUT2D eigenvalue weighted by Crippen LogP contribution is -2.42. The molecule has 8 heterocycles. The number of nitrogens with zero attached hydrogens (tertiary/aromatic N) is 9. The van der Waals surface area contributed by atoms with E-state index in [9.17, 15) is 4.79 Å². The lowest BCUT2D eigenvalue weighted by Gasteiger charge is -2.35. The number of ether oxygens (including phenoxy) is 2. The molecule has 67 heavy (non-hydrogen) atoms. The molecule has 1 saturated carbocycles. The first-order chi connectivity index (χ1) is 33.3. The number of aromatic nitrogens is 7. The zero-order valence-electron chi connectivity index (χ0n) is 40.8. The van der Waals surface area contributed by atoms with Gasteiger partial charge in [0.2, 0.25) is 0 Å². The Kier molecular flexibility index (Phi) is 8.20. The zero-order chi connectivity index (χ0) is 49.1. The van der Waals surface area contributed by atoms with Gasteiger partial charge in [0.25, 0.3) is 5.91 Å². The van der Waals surface area contributed by atoms with Gasteiger partial charge in [-0.15, -0.1) is 0 Å². The molecular formula is C49H50F2N10O6. The molecule has 0 bridgehead atoms. The second kappa shape index (κ2) is 14.3. The van der Waals surface area contributed by atoms with Gasteiger partial charge in [-0.05, 0) is 113 Å². The van der Waals surface area contributed by atoms with Crippen LogP contribution in [0.4, 0.5) is 25.1 Å². The van der Waals surface area contributed by atoms with E-state index in [2.05, 4.69) is 41.2 Å². The highest BCUT2D eigenvalue weighted by Gasteiger charge is 2.59. The summed E-state index contributed by atoms with van der Waals surface area (Å²) in [5, 5.41) is 14.0. The van der Waals surface area contributed by atoms with Gasteiger partial charge in [-0.3, -0.25) is 28.8 Å². The van der Waals surface area contributed by atoms with Crippen LogP contribution in [0.25, 0.3) is 27.5 Å². The molecule has 0 spiro atoms. The lowest BCUT2D eigenvalue weighted by atomic mass is 9.83. The third-order valence-electron chi connectivity index (χ3n) is 15.0. The van der Waals surface area contributed by atoms with Crippen molar-refractivity contribution in [1.29, 1.82) is 0 Å². The SMILES string of the molecule is [2H]C([2H])([2H])n1ncc2c(F)c3c(cc21)OC[C@@H]1CN(c2c4c(nn2-c2cc(C)c(F)c(C)c2)CCN(C(=O)c2cc5cc([C@H]6CCOC(C)(C)C6)ccc5n2[C@@]2(c5noc(=O)[nH]5)C[C@@H]2C)[C@H]4C)C(=O)N31. The van der Waals surface area contributed by atoms with Gasteiger partial charge < -0.3 is 18.9 Å². The quantitative estimate of drug-likeness (QED) is 0.176. The minimum atomic E-state index is -2.70. The highest BCUT2D eigenvalue weighted by Crippen LogP contribution is 2.56. The van der Waals surface area contributed by atoms with Crippen LogP contribution in [0, 0.1) is 31.4 Å². The van der Waals surface area contributed by atoms with Gasteiger partial charge in [0.05, 0.1) is 52.7 Å². The van der Waals surface area contributed by atoms with E-state index < -0.39 is 42.2 Å². The van der Waals surface area contributed by atoms with Crippen LogP contribution < -0.4 is 20.3 Å². The molecule has 5 atom stereocenters. The maximum absolute atomic E-state index is 16.8. The second-order valence-corrected chi connectivity index (χ2v) is 19.6. The molecule has 3 aromatic carbocycles. The number of nitrogens with one attached hydrogen (secondary N) is 1. The van der Waals surface area contributed by atoms with E-state index in [-0.39, 0.29) is 71.2 Å². The number of H-pyrrole nitrogens is 1. The van der Waals surface area contributed by atoms with E-state index in [4.69, 9.17) is 23.2 Å². The number of anilines is 2. The number of hydrogen-bond acceptors (Lipinski definition) is 9. The number of urea groups is 1. The summed E-state index contributed by atoms with van der Waals surface area (Å²) in [6.45, 7) is 9.62. The molecule has 346 valence electrons. The van der Waals surface area contributed by atoms with Crippen LogP contribution in [0.1, 0.15) is 107 Å². The number of amides is 3. The van der Waals surface area contributed by atoms with Crippen LogP contribution in [-0.2, 0) is 23.7 Å². The van der Waals surface area contributed by atoms with E-state index in [1.54, 1.807) is 35.6 Å². The standard InChI is InChI=1S/C49H50F2N10O6/c1-24-14-31(15-25(2)40(24)50)61-43(58-22-32-23-65-38-18-36-33(21-52-56(36)7)41(51)42(38)59(32)47(58)64)39-27(4)57(12-10-34(39)54-61)44(62)37-17-30-16-28(29-11-13-66-48(5,6)20-29)8-9-35(30)60(37)49(19-26(49)3)45-53-46(63)67-55-45/h8-9,14-18,21,26-27,29,32H,10-13,19-20,22-23H2,1-7H3,(H,53,55,63)/t26-,27-,29-,32-,49-/m0/s1/i7D3. The molecule has 1 N–H and O–H groups in total. The summed E-state index contributed by atoms with van der Waals surface area (Å²) in [4.78, 5) is 50.7. The Bertz CT molecular complexity index is 3420. The Morgan fingerprint density at radius 2 is 1.81 bits per heavy atom. The van der Waals surface area contributed by atoms with Gasteiger partial charge >= 0.3 is 11.8 Å². The van der Waals surface area contributed by atoms with Crippen molar-refractivity contribution in [1.82, 2.24) is 39.2 Å². The van der Waals surface area contributed by atoms with E-state index in [1.807, 2.05) is 30.5 Å². The highest BCUT2D eigenvalue weighted by atomic mass is 19.1. The molecule has 12 rings (SSSR count). The summed E-state index contributed by atoms with van der Waals surface area (Å²) in [5.74, 6) is -1.37. The minimum Gasteiger partial charge on any atom is -0.489 e. The van der Waals surface area contributed by atoms with Gasteiger partial charge in [0.1, 0.15) is 40.9 Å². The molecule has 0 radical (unpaired) electrons. The maximum atomic E-state index is 16.8. The maximum Gasteiger partial charge on any atom is 0.438 e. The molecule has 0 unspecified atom stereocenters. The number of aryl methyl sites for hydroxylation is 3. The van der Waals surface area contributed by atoms with Crippen molar-refractivity contribution in [3.63, 3.8) is 0 Å². The molecule has 2 saturated heterocycles. The van der Waals surface area contributed by atoms with Crippen molar-refractivity contribution in [3.05, 3.63) is 110 Å². The number of benzene rings is 3. The van der Waals surface area contributed by atoms with Gasteiger partial charge in [-0.25, -0.2) is 23.1 Å². The Balaban J connectivity index is 0.980. The van der Waals surface area contributed by atoms with Crippen molar-refractivity contribution >= 4 is 45.2 Å². The van der Waals surface area contributed by atoms with Crippen molar-refractivity contribution in [2.24, 2.45) is 12.9 Å². The van der Waals surface area contributed by atoms with Crippen molar-refractivity contribution < 1.29 is 36.5 Å². The van der Waals surface area contributed by atoms with Crippen LogP contribution in [0.2, 0.25) is 0 Å². The molecule has 5 aliphatic rings. The van der Waals surface area contributed by atoms with Gasteiger partial charge in [-0.1, -0.05) is 18.1 Å². The van der Waals surface area contributed by atoms with Crippen LogP contribution in [-0.4, -0.2) is 89.1 Å². The van der Waals surface area contributed by atoms with Crippen LogP contribution in [0.5, 0.6) is 5.75 Å². The average molecular weight is 916 g/mol. The van der Waals surface area contributed by atoms with Gasteiger partial charge in [0.15, 0.2) is 11.6 Å². The van der Waals surface area contributed by atoms with E-state index in [0.717, 1.165) is 40.2 Å². The predicted octanol–water partition coefficient (Wildman–Crippen LogP) is 7.71. The monoisotopic (exact) mass is 915 g/mol. The molecule has 7 aromatic rings. The number of halogens is 2. The predicted molar refractivity (Wildman–Crippen MR) is 243 cm³/mol. The fourth-order valence-electron chi connectivity index (χ4n) is 11.6. The van der Waals surface area contributed by atoms with Gasteiger partial charge in [-0.2, -0.15) is 10.2 Å². The molecule has 16 nitrogen and oxygen atoms in total. The minimum absolute atomic E-state index is 0.00907. The first-order valence-corrected chi connectivity index (χ1v) is 22.8.